The second-order valence-electron chi connectivity index (χ2n) is 2.31. The molecule has 1 saturated heterocycles. The molecule has 1 aliphatic rings. The summed E-state index contributed by atoms with van der Waals surface area (Å²) in [6.45, 7) is 1.10. The smallest absolute Gasteiger partial charge is 0.133 e. The van der Waals surface area contributed by atoms with Crippen molar-refractivity contribution in [2.24, 2.45) is 5.84 Å². The Kier molecular flexibility index (Phi) is 2.41. The highest BCUT2D eigenvalue weighted by Crippen LogP contribution is 2.13. The predicted molar refractivity (Wildman–Crippen MR) is 34.1 cm³/mol. The minimum atomic E-state index is 0.176. The number of hydrogen-bond donors (Lipinski definition) is 2. The first-order valence-corrected chi connectivity index (χ1v) is 3.16. The van der Waals surface area contributed by atoms with Crippen LogP contribution < -0.4 is 11.4 Å². The number of likely N-dealkylation sites (tertiary alicyclic amines) is 1. The summed E-state index contributed by atoms with van der Waals surface area (Å²) in [5, 5.41) is 0. The topological polar surface area (TPSA) is 50.5 Å². The summed E-state index contributed by atoms with van der Waals surface area (Å²) in [7, 11) is 2.02. The number of rotatable bonds is 2. The van der Waals surface area contributed by atoms with Crippen LogP contribution >= 0.6 is 0 Å². The second kappa shape index (κ2) is 3.12. The molecule has 1 rings (SSSR count). The minimum Gasteiger partial charge on any atom is -0.280 e. The van der Waals surface area contributed by atoms with Crippen LogP contribution in [-0.2, 0) is 4.84 Å². The van der Waals surface area contributed by atoms with Crippen molar-refractivity contribution in [1.29, 1.82) is 0 Å². The third-order valence-electron chi connectivity index (χ3n) is 1.66. The molecular formula is C5H13N3O. The first-order valence-electron chi connectivity index (χ1n) is 3.16. The van der Waals surface area contributed by atoms with Gasteiger partial charge in [0.2, 0.25) is 0 Å². The summed E-state index contributed by atoms with van der Waals surface area (Å²) < 4.78 is 0. The maximum atomic E-state index is 4.97. The zero-order chi connectivity index (χ0) is 6.69. The van der Waals surface area contributed by atoms with E-state index in [0.29, 0.717) is 0 Å². The van der Waals surface area contributed by atoms with Crippen LogP contribution in [0.1, 0.15) is 12.8 Å². The molecule has 4 heteroatoms. The van der Waals surface area contributed by atoms with Crippen LogP contribution in [0.2, 0.25) is 0 Å². The Balaban J connectivity index is 2.22. The van der Waals surface area contributed by atoms with Crippen molar-refractivity contribution in [3.63, 3.8) is 0 Å². The molecule has 0 aromatic heterocycles. The fourth-order valence-electron chi connectivity index (χ4n) is 1.11. The van der Waals surface area contributed by atoms with E-state index in [2.05, 4.69) is 10.5 Å². The zero-order valence-electron chi connectivity index (χ0n) is 5.63. The molecule has 9 heavy (non-hydrogen) atoms. The molecule has 0 bridgehead atoms. The largest absolute Gasteiger partial charge is 0.280 e. The number of nitrogens with zero attached hydrogens (tertiary/aromatic N) is 1. The molecule has 54 valence electrons. The van der Waals surface area contributed by atoms with Crippen molar-refractivity contribution >= 4 is 0 Å². The molecule has 0 saturated carbocycles. The van der Waals surface area contributed by atoms with Crippen LogP contribution in [0.4, 0.5) is 0 Å². The van der Waals surface area contributed by atoms with E-state index in [9.17, 15) is 0 Å². The van der Waals surface area contributed by atoms with Crippen molar-refractivity contribution in [3.05, 3.63) is 0 Å². The van der Waals surface area contributed by atoms with E-state index in [1.54, 1.807) is 0 Å². The average Bonchev–Trinajstić information content (AvgIpc) is 2.18. The van der Waals surface area contributed by atoms with Crippen LogP contribution in [0.15, 0.2) is 0 Å². The summed E-state index contributed by atoms with van der Waals surface area (Å²) in [4.78, 5) is 7.09. The summed E-state index contributed by atoms with van der Waals surface area (Å²) >= 11 is 0. The Hall–Kier alpha value is -0.160. The van der Waals surface area contributed by atoms with Crippen molar-refractivity contribution in [2.75, 3.05) is 13.6 Å². The van der Waals surface area contributed by atoms with Crippen LogP contribution in [0.25, 0.3) is 0 Å². The molecule has 0 aromatic carbocycles. The predicted octanol–water partition coefficient (Wildman–Crippen LogP) is -0.567. The number of nitrogens with one attached hydrogen (secondary N) is 1. The molecule has 1 atom stereocenters. The lowest BCUT2D eigenvalue weighted by atomic mass is 10.4. The van der Waals surface area contributed by atoms with Gasteiger partial charge in [-0.1, -0.05) is 0 Å². The van der Waals surface area contributed by atoms with Crippen LogP contribution in [0.3, 0.4) is 0 Å². The summed E-state index contributed by atoms with van der Waals surface area (Å²) in [6.07, 6.45) is 2.44. The van der Waals surface area contributed by atoms with Gasteiger partial charge in [0, 0.05) is 6.54 Å². The number of hydrogen-bond acceptors (Lipinski definition) is 4. The Labute approximate surface area is 54.9 Å². The first kappa shape index (κ1) is 6.95. The van der Waals surface area contributed by atoms with E-state index in [1.807, 2.05) is 7.05 Å². The summed E-state index contributed by atoms with van der Waals surface area (Å²) in [6, 6.07) is 0. The first-order chi connectivity index (χ1) is 4.34. The van der Waals surface area contributed by atoms with Crippen molar-refractivity contribution in [2.45, 2.75) is 19.1 Å². The van der Waals surface area contributed by atoms with Crippen LogP contribution in [0.5, 0.6) is 0 Å². The molecule has 4 nitrogen and oxygen atoms in total. The lowest BCUT2D eigenvalue weighted by Gasteiger charge is -2.17. The third kappa shape index (κ3) is 1.62. The number of hydrazine groups is 1. The van der Waals surface area contributed by atoms with Gasteiger partial charge in [-0.3, -0.25) is 9.74 Å². The minimum absolute atomic E-state index is 0.176. The van der Waals surface area contributed by atoms with Crippen molar-refractivity contribution < 1.29 is 4.84 Å². The van der Waals surface area contributed by atoms with E-state index >= 15 is 0 Å². The molecule has 0 aliphatic carbocycles. The Bertz CT molecular complexity index is 88.3. The standard InChI is InChI=1S/C5H13N3O/c1-8-4-2-3-5(8)9-7-6/h5,7H,2-4,6H2,1H3. The molecule has 1 heterocycles. The fraction of sp³-hybridized carbons (Fsp3) is 1.00. The van der Waals surface area contributed by atoms with Gasteiger partial charge in [0.25, 0.3) is 0 Å². The molecule has 0 spiro atoms. The Morgan fingerprint density at radius 2 is 2.56 bits per heavy atom. The SMILES string of the molecule is CN1CCCC1ONN. The van der Waals surface area contributed by atoms with Gasteiger partial charge in [-0.25, -0.2) is 5.84 Å². The lowest BCUT2D eigenvalue weighted by Crippen LogP contribution is -2.36. The Morgan fingerprint density at radius 3 is 3.00 bits per heavy atom. The van der Waals surface area contributed by atoms with Gasteiger partial charge >= 0.3 is 0 Å². The highest BCUT2D eigenvalue weighted by molar-refractivity contribution is 4.66. The molecular weight excluding hydrogens is 118 g/mol. The Morgan fingerprint density at radius 1 is 1.78 bits per heavy atom. The third-order valence-corrected chi connectivity index (χ3v) is 1.66. The van der Waals surface area contributed by atoms with Gasteiger partial charge in [-0.2, -0.15) is 0 Å². The lowest BCUT2D eigenvalue weighted by molar-refractivity contribution is -0.0837. The normalized spacial score (nSPS) is 29.3. The maximum Gasteiger partial charge on any atom is 0.133 e. The van der Waals surface area contributed by atoms with Crippen molar-refractivity contribution in [1.82, 2.24) is 10.5 Å². The van der Waals surface area contributed by atoms with E-state index < -0.39 is 0 Å². The van der Waals surface area contributed by atoms with Crippen molar-refractivity contribution in [3.8, 4) is 0 Å². The van der Waals surface area contributed by atoms with Gasteiger partial charge in [0.15, 0.2) is 0 Å². The van der Waals surface area contributed by atoms with E-state index in [1.165, 1.54) is 6.42 Å². The van der Waals surface area contributed by atoms with E-state index in [-0.39, 0.29) is 6.23 Å². The second-order valence-corrected chi connectivity index (χ2v) is 2.31. The summed E-state index contributed by atoms with van der Waals surface area (Å²) in [5.74, 6) is 4.97. The van der Waals surface area contributed by atoms with E-state index in [4.69, 9.17) is 10.7 Å². The molecule has 0 aromatic rings. The number of nitrogens with two attached hydrogens (primary N) is 1. The maximum absolute atomic E-state index is 4.97. The molecule has 0 amide bonds. The highest BCUT2D eigenvalue weighted by atomic mass is 16.7. The molecule has 1 unspecified atom stereocenters. The molecule has 3 N–H and O–H groups in total. The quantitative estimate of drug-likeness (QED) is 0.389. The van der Waals surface area contributed by atoms with E-state index in [0.717, 1.165) is 13.0 Å². The van der Waals surface area contributed by atoms with Gasteiger partial charge in [-0.05, 0) is 19.9 Å². The average molecular weight is 131 g/mol. The molecule has 1 fully saturated rings. The van der Waals surface area contributed by atoms with Gasteiger partial charge in [0.05, 0.1) is 0 Å². The monoisotopic (exact) mass is 131 g/mol. The van der Waals surface area contributed by atoms with Crippen LogP contribution in [0, 0.1) is 0 Å². The molecule has 1 aliphatic heterocycles. The van der Waals surface area contributed by atoms with Gasteiger partial charge < -0.3 is 0 Å². The van der Waals surface area contributed by atoms with Crippen LogP contribution in [-0.4, -0.2) is 24.7 Å². The molecule has 0 radical (unpaired) electrons. The highest BCUT2D eigenvalue weighted by Gasteiger charge is 2.20. The van der Waals surface area contributed by atoms with Gasteiger partial charge in [0.1, 0.15) is 6.23 Å². The van der Waals surface area contributed by atoms with Gasteiger partial charge in [-0.15, -0.1) is 5.59 Å². The summed E-state index contributed by atoms with van der Waals surface area (Å²) in [5.41, 5.74) is 2.20. The fourth-order valence-corrected chi connectivity index (χ4v) is 1.11. The zero-order valence-corrected chi connectivity index (χ0v) is 5.63.